The average molecular weight is 348 g/mol. The smallest absolute Gasteiger partial charge is 0.228 e. The molecule has 18 heavy (non-hydrogen) atoms. The topological polar surface area (TPSA) is 35.0 Å². The third-order valence-corrected chi connectivity index (χ3v) is 3.49. The Balaban J connectivity index is 2.37. The molecule has 1 heterocycles. The van der Waals surface area contributed by atoms with Crippen LogP contribution in [0.15, 0.2) is 29.0 Å². The number of hydrogen-bond donors (Lipinski definition) is 0. The lowest BCUT2D eigenvalue weighted by molar-refractivity contribution is 0.454. The van der Waals surface area contributed by atoms with Crippen LogP contribution in [0.2, 0.25) is 5.15 Å². The molecule has 6 heteroatoms. The third-order valence-electron chi connectivity index (χ3n) is 2.28. The first kappa shape index (κ1) is 13.6. The summed E-state index contributed by atoms with van der Waals surface area (Å²) in [5.41, 5.74) is 1.71. The first-order valence-electron chi connectivity index (χ1n) is 5.11. The fourth-order valence-corrected chi connectivity index (χ4v) is 2.44. The summed E-state index contributed by atoms with van der Waals surface area (Å²) < 4.78 is 6.55. The van der Waals surface area contributed by atoms with Gasteiger partial charge in [0.25, 0.3) is 0 Å². The molecule has 0 radical (unpaired) electrons. The second-order valence-electron chi connectivity index (χ2n) is 3.62. The van der Waals surface area contributed by atoms with Crippen LogP contribution in [-0.4, -0.2) is 9.97 Å². The third kappa shape index (κ3) is 2.94. The Bertz CT molecular complexity index is 578. The van der Waals surface area contributed by atoms with Crippen molar-refractivity contribution in [1.82, 2.24) is 9.97 Å². The predicted molar refractivity (Wildman–Crippen MR) is 75.6 cm³/mol. The molecule has 0 fully saturated rings. The van der Waals surface area contributed by atoms with Crippen molar-refractivity contribution in [2.75, 3.05) is 0 Å². The molecule has 0 saturated carbocycles. The van der Waals surface area contributed by atoms with Gasteiger partial charge in [0.2, 0.25) is 5.88 Å². The molecule has 0 unspecified atom stereocenters. The molecule has 2 rings (SSSR count). The Morgan fingerprint density at radius 1 is 1.33 bits per heavy atom. The van der Waals surface area contributed by atoms with E-state index in [0.29, 0.717) is 22.3 Å². The van der Waals surface area contributed by atoms with Crippen molar-refractivity contribution < 1.29 is 4.74 Å². The van der Waals surface area contributed by atoms with E-state index in [4.69, 9.17) is 27.9 Å². The summed E-state index contributed by atoms with van der Waals surface area (Å²) >= 11 is 15.2. The van der Waals surface area contributed by atoms with E-state index in [1.54, 1.807) is 0 Å². The van der Waals surface area contributed by atoms with Crippen molar-refractivity contribution in [3.8, 4) is 11.6 Å². The minimum atomic E-state index is 0.193. The lowest BCUT2D eigenvalue weighted by Crippen LogP contribution is -1.96. The first-order chi connectivity index (χ1) is 8.61. The number of halogens is 3. The fraction of sp³-hybridized carbons (Fsp3) is 0.167. The summed E-state index contributed by atoms with van der Waals surface area (Å²) in [6.07, 6.45) is 1.34. The lowest BCUT2D eigenvalue weighted by atomic mass is 10.2. The van der Waals surface area contributed by atoms with Crippen LogP contribution in [0.4, 0.5) is 0 Å². The van der Waals surface area contributed by atoms with E-state index in [9.17, 15) is 0 Å². The SMILES string of the molecule is Cc1ccc(Oc2ncnc(Cl)c2CCl)c(Br)c1. The molecule has 94 valence electrons. The zero-order chi connectivity index (χ0) is 13.1. The van der Waals surface area contributed by atoms with Gasteiger partial charge < -0.3 is 4.74 Å². The van der Waals surface area contributed by atoms with Gasteiger partial charge in [-0.3, -0.25) is 0 Å². The number of rotatable bonds is 3. The van der Waals surface area contributed by atoms with E-state index in [2.05, 4.69) is 25.9 Å². The van der Waals surface area contributed by atoms with Gasteiger partial charge in [0.15, 0.2) is 0 Å². The Kier molecular flexibility index (Phi) is 4.43. The van der Waals surface area contributed by atoms with E-state index >= 15 is 0 Å². The van der Waals surface area contributed by atoms with E-state index in [0.717, 1.165) is 10.0 Å². The zero-order valence-electron chi connectivity index (χ0n) is 9.45. The van der Waals surface area contributed by atoms with E-state index in [1.807, 2.05) is 25.1 Å². The molecule has 0 amide bonds. The second kappa shape index (κ2) is 5.87. The predicted octanol–water partition coefficient (Wildman–Crippen LogP) is 4.73. The minimum Gasteiger partial charge on any atom is -0.437 e. The Morgan fingerprint density at radius 2 is 2.11 bits per heavy atom. The minimum absolute atomic E-state index is 0.193. The Labute approximate surface area is 123 Å². The Hall–Kier alpha value is -0.840. The van der Waals surface area contributed by atoms with Crippen LogP contribution in [0.5, 0.6) is 11.6 Å². The monoisotopic (exact) mass is 346 g/mol. The Morgan fingerprint density at radius 3 is 2.78 bits per heavy atom. The van der Waals surface area contributed by atoms with Crippen LogP contribution in [0, 0.1) is 6.92 Å². The van der Waals surface area contributed by atoms with Crippen molar-refractivity contribution in [3.63, 3.8) is 0 Å². The summed E-state index contributed by atoms with van der Waals surface area (Å²) in [4.78, 5) is 7.91. The molecule has 3 nitrogen and oxygen atoms in total. The summed E-state index contributed by atoms with van der Waals surface area (Å²) in [6.45, 7) is 2.00. The number of aromatic nitrogens is 2. The zero-order valence-corrected chi connectivity index (χ0v) is 12.6. The molecule has 0 bridgehead atoms. The summed E-state index contributed by atoms with van der Waals surface area (Å²) in [5.74, 6) is 1.22. The van der Waals surface area contributed by atoms with Crippen molar-refractivity contribution >= 4 is 39.1 Å². The molecule has 0 aliphatic heterocycles. The van der Waals surface area contributed by atoms with Gasteiger partial charge in [0.05, 0.1) is 15.9 Å². The van der Waals surface area contributed by atoms with Gasteiger partial charge in [-0.25, -0.2) is 9.97 Å². The van der Waals surface area contributed by atoms with Gasteiger partial charge >= 0.3 is 0 Å². The molecule has 1 aromatic carbocycles. The quantitative estimate of drug-likeness (QED) is 0.594. The first-order valence-corrected chi connectivity index (χ1v) is 6.81. The normalized spacial score (nSPS) is 10.4. The maximum absolute atomic E-state index is 5.93. The van der Waals surface area contributed by atoms with Crippen molar-refractivity contribution in [3.05, 3.63) is 45.3 Å². The highest BCUT2D eigenvalue weighted by molar-refractivity contribution is 9.10. The number of benzene rings is 1. The summed E-state index contributed by atoms with van der Waals surface area (Å²) in [5, 5.41) is 0.304. The van der Waals surface area contributed by atoms with Crippen LogP contribution in [0.25, 0.3) is 0 Å². The van der Waals surface area contributed by atoms with Gasteiger partial charge in [0, 0.05) is 0 Å². The van der Waals surface area contributed by atoms with E-state index < -0.39 is 0 Å². The van der Waals surface area contributed by atoms with Crippen LogP contribution in [-0.2, 0) is 5.88 Å². The maximum Gasteiger partial charge on any atom is 0.228 e. The van der Waals surface area contributed by atoms with Crippen LogP contribution in [0.1, 0.15) is 11.1 Å². The molecule has 0 atom stereocenters. The van der Waals surface area contributed by atoms with Crippen LogP contribution < -0.4 is 4.74 Å². The molecule has 0 saturated heterocycles. The van der Waals surface area contributed by atoms with Gasteiger partial charge in [0.1, 0.15) is 17.2 Å². The molecule has 0 aliphatic carbocycles. The number of hydrogen-bond acceptors (Lipinski definition) is 3. The largest absolute Gasteiger partial charge is 0.437 e. The van der Waals surface area contributed by atoms with Crippen molar-refractivity contribution in [1.29, 1.82) is 0 Å². The molecule has 1 aromatic heterocycles. The maximum atomic E-state index is 5.93. The number of ether oxygens (including phenoxy) is 1. The number of nitrogens with zero attached hydrogens (tertiary/aromatic N) is 2. The summed E-state index contributed by atoms with van der Waals surface area (Å²) in [7, 11) is 0. The van der Waals surface area contributed by atoms with Crippen molar-refractivity contribution in [2.45, 2.75) is 12.8 Å². The fourth-order valence-electron chi connectivity index (χ4n) is 1.37. The molecule has 0 N–H and O–H groups in total. The summed E-state index contributed by atoms with van der Waals surface area (Å²) in [6, 6.07) is 5.76. The van der Waals surface area contributed by atoms with Gasteiger partial charge in [-0.15, -0.1) is 11.6 Å². The standard InChI is InChI=1S/C12H9BrCl2N2O/c1-7-2-3-10(9(13)4-7)18-12-8(5-14)11(15)16-6-17-12/h2-4,6H,5H2,1H3. The molecule has 0 spiro atoms. The van der Waals surface area contributed by atoms with Gasteiger partial charge in [-0.2, -0.15) is 0 Å². The second-order valence-corrected chi connectivity index (χ2v) is 5.10. The van der Waals surface area contributed by atoms with Crippen LogP contribution in [0.3, 0.4) is 0 Å². The highest BCUT2D eigenvalue weighted by atomic mass is 79.9. The molecular formula is C12H9BrCl2N2O. The number of aryl methyl sites for hydroxylation is 1. The van der Waals surface area contributed by atoms with Gasteiger partial charge in [-0.05, 0) is 40.5 Å². The molecule has 2 aromatic rings. The molecule has 0 aliphatic rings. The van der Waals surface area contributed by atoms with Gasteiger partial charge in [-0.1, -0.05) is 17.7 Å². The average Bonchev–Trinajstić information content (AvgIpc) is 2.33. The molecular weight excluding hydrogens is 339 g/mol. The van der Waals surface area contributed by atoms with E-state index in [1.165, 1.54) is 6.33 Å². The highest BCUT2D eigenvalue weighted by Crippen LogP contribution is 2.33. The number of alkyl halides is 1. The lowest BCUT2D eigenvalue weighted by Gasteiger charge is -2.10. The van der Waals surface area contributed by atoms with Crippen LogP contribution >= 0.6 is 39.1 Å². The van der Waals surface area contributed by atoms with E-state index in [-0.39, 0.29) is 5.88 Å². The van der Waals surface area contributed by atoms with Crippen molar-refractivity contribution in [2.24, 2.45) is 0 Å². The highest BCUT2D eigenvalue weighted by Gasteiger charge is 2.12.